The number of nitrogens with one attached hydrogen (secondary N) is 1. The van der Waals surface area contributed by atoms with Crippen LogP contribution in [0.1, 0.15) is 58.9 Å². The molecule has 0 saturated heterocycles. The smallest absolute Gasteiger partial charge is 0.336 e. The van der Waals surface area contributed by atoms with Crippen molar-refractivity contribution in [1.82, 2.24) is 5.32 Å². The monoisotopic (exact) mass is 413 g/mol. The molecule has 1 aromatic rings. The van der Waals surface area contributed by atoms with Crippen LogP contribution in [-0.4, -0.2) is 32.1 Å². The number of allylic oxidation sites excluding steroid dienone is 3. The number of esters is 1. The van der Waals surface area contributed by atoms with E-state index in [1.54, 1.807) is 14.0 Å². The Morgan fingerprint density at radius 3 is 2.53 bits per heavy atom. The maximum Gasteiger partial charge on any atom is 0.336 e. The van der Waals surface area contributed by atoms with Crippen LogP contribution < -0.4 is 14.8 Å². The zero-order valence-corrected chi connectivity index (χ0v) is 18.7. The van der Waals surface area contributed by atoms with Gasteiger partial charge in [0, 0.05) is 29.3 Å². The summed E-state index contributed by atoms with van der Waals surface area (Å²) in [6, 6.07) is 5.58. The van der Waals surface area contributed by atoms with E-state index in [1.165, 1.54) is 0 Å². The summed E-state index contributed by atoms with van der Waals surface area (Å²) in [4.78, 5) is 26.2. The van der Waals surface area contributed by atoms with Gasteiger partial charge in [-0.3, -0.25) is 4.79 Å². The molecule has 3 rings (SSSR count). The van der Waals surface area contributed by atoms with E-state index in [9.17, 15) is 9.59 Å². The lowest BCUT2D eigenvalue weighted by molar-refractivity contribution is -0.138. The number of Topliss-reactive ketones (excluding diaryl/α,β-unsaturated/α-hetero) is 1. The molecule has 162 valence electrons. The number of methoxy groups -OCH3 is 1. The molecule has 6 nitrogen and oxygen atoms in total. The third-order valence-corrected chi connectivity index (χ3v) is 5.56. The topological polar surface area (TPSA) is 73.9 Å². The van der Waals surface area contributed by atoms with E-state index in [0.29, 0.717) is 35.7 Å². The summed E-state index contributed by atoms with van der Waals surface area (Å²) in [6.07, 6.45) is 1.18. The van der Waals surface area contributed by atoms with Gasteiger partial charge in [0.1, 0.15) is 0 Å². The van der Waals surface area contributed by atoms with Crippen molar-refractivity contribution in [1.29, 1.82) is 0 Å². The summed E-state index contributed by atoms with van der Waals surface area (Å²) in [7, 11) is 1.58. The number of dihydropyridines is 1. The summed E-state index contributed by atoms with van der Waals surface area (Å²) in [5.41, 5.74) is 3.39. The Labute approximate surface area is 178 Å². The molecule has 2 aliphatic rings. The molecule has 0 unspecified atom stereocenters. The fourth-order valence-electron chi connectivity index (χ4n) is 4.39. The van der Waals surface area contributed by atoms with Crippen molar-refractivity contribution in [2.24, 2.45) is 5.41 Å². The van der Waals surface area contributed by atoms with Crippen LogP contribution in [0.15, 0.2) is 40.7 Å². The van der Waals surface area contributed by atoms with Crippen molar-refractivity contribution < 1.29 is 23.8 Å². The highest BCUT2D eigenvalue weighted by atomic mass is 16.5. The van der Waals surface area contributed by atoms with Gasteiger partial charge in [0.15, 0.2) is 17.3 Å². The van der Waals surface area contributed by atoms with E-state index in [2.05, 4.69) is 19.2 Å². The molecular formula is C24H31NO5. The van der Waals surface area contributed by atoms with E-state index < -0.39 is 11.9 Å². The Kier molecular flexibility index (Phi) is 6.25. The van der Waals surface area contributed by atoms with Crippen LogP contribution >= 0.6 is 0 Å². The number of rotatable bonds is 6. The molecule has 1 heterocycles. The van der Waals surface area contributed by atoms with Gasteiger partial charge in [-0.25, -0.2) is 4.79 Å². The highest BCUT2D eigenvalue weighted by molar-refractivity contribution is 6.04. The maximum absolute atomic E-state index is 13.3. The highest BCUT2D eigenvalue weighted by Crippen LogP contribution is 2.47. The number of carbonyl (C=O) groups is 2. The van der Waals surface area contributed by atoms with Crippen LogP contribution in [0.25, 0.3) is 0 Å². The fourth-order valence-corrected chi connectivity index (χ4v) is 4.39. The third-order valence-electron chi connectivity index (χ3n) is 5.56. The van der Waals surface area contributed by atoms with E-state index in [1.807, 2.05) is 32.0 Å². The lowest BCUT2D eigenvalue weighted by Crippen LogP contribution is -2.38. The van der Waals surface area contributed by atoms with E-state index in [4.69, 9.17) is 14.2 Å². The summed E-state index contributed by atoms with van der Waals surface area (Å²) >= 11 is 0. The van der Waals surface area contributed by atoms with E-state index >= 15 is 0 Å². The molecule has 0 spiro atoms. The second-order valence-corrected chi connectivity index (χ2v) is 8.49. The largest absolute Gasteiger partial charge is 0.493 e. The van der Waals surface area contributed by atoms with Gasteiger partial charge >= 0.3 is 5.97 Å². The second kappa shape index (κ2) is 8.54. The second-order valence-electron chi connectivity index (χ2n) is 8.49. The van der Waals surface area contributed by atoms with Crippen LogP contribution in [0.4, 0.5) is 0 Å². The van der Waals surface area contributed by atoms with Gasteiger partial charge in [0.2, 0.25) is 0 Å². The van der Waals surface area contributed by atoms with Crippen molar-refractivity contribution in [3.05, 3.63) is 46.3 Å². The molecular weight excluding hydrogens is 382 g/mol. The number of hydrogen-bond acceptors (Lipinski definition) is 6. The zero-order valence-electron chi connectivity index (χ0n) is 18.7. The minimum Gasteiger partial charge on any atom is -0.493 e. The predicted molar refractivity (Wildman–Crippen MR) is 114 cm³/mol. The first-order valence-electron chi connectivity index (χ1n) is 10.4. The molecule has 0 amide bonds. The Balaban J connectivity index is 2.18. The zero-order chi connectivity index (χ0) is 22.1. The van der Waals surface area contributed by atoms with Crippen LogP contribution in [0.2, 0.25) is 0 Å². The first-order valence-corrected chi connectivity index (χ1v) is 10.4. The van der Waals surface area contributed by atoms with Crippen LogP contribution in [0.5, 0.6) is 11.5 Å². The molecule has 1 aliphatic heterocycles. The molecule has 1 aromatic carbocycles. The molecule has 1 N–H and O–H groups in total. The van der Waals surface area contributed by atoms with Gasteiger partial charge in [-0.05, 0) is 50.3 Å². The first kappa shape index (κ1) is 21.9. The molecule has 0 bridgehead atoms. The number of ketones is 1. The van der Waals surface area contributed by atoms with Gasteiger partial charge in [0.25, 0.3) is 0 Å². The Morgan fingerprint density at radius 1 is 1.17 bits per heavy atom. The van der Waals surface area contributed by atoms with Gasteiger partial charge in [-0.2, -0.15) is 0 Å². The Bertz CT molecular complexity index is 926. The molecule has 0 fully saturated rings. The van der Waals surface area contributed by atoms with Crippen LogP contribution in [-0.2, 0) is 14.3 Å². The normalized spacial score (nSPS) is 20.5. The summed E-state index contributed by atoms with van der Waals surface area (Å²) in [6.45, 7) is 10.5. The Hall–Kier alpha value is -2.76. The Morgan fingerprint density at radius 2 is 1.90 bits per heavy atom. The lowest BCUT2D eigenvalue weighted by Gasteiger charge is -2.39. The van der Waals surface area contributed by atoms with Gasteiger partial charge < -0.3 is 19.5 Å². The van der Waals surface area contributed by atoms with Gasteiger partial charge in [0.05, 0.1) is 25.9 Å². The summed E-state index contributed by atoms with van der Waals surface area (Å²) in [5, 5.41) is 3.34. The number of carbonyl (C=O) groups excluding carboxylic acids is 2. The third kappa shape index (κ3) is 4.09. The molecule has 1 aliphatic carbocycles. The summed E-state index contributed by atoms with van der Waals surface area (Å²) < 4.78 is 16.5. The number of ether oxygens (including phenoxy) is 3. The fraction of sp³-hybridized carbons (Fsp3) is 0.500. The molecule has 6 heteroatoms. The van der Waals surface area contributed by atoms with Crippen molar-refractivity contribution >= 4 is 11.8 Å². The molecule has 0 aromatic heterocycles. The summed E-state index contributed by atoms with van der Waals surface area (Å²) in [5.74, 6) is 0.333. The number of hydrogen-bond donors (Lipinski definition) is 1. The molecule has 0 saturated carbocycles. The minimum absolute atomic E-state index is 0.0564. The SMILES string of the molecule is CCOC(=O)C1=C(C)NC2=C(C(=O)CC(C)(C)C2)[C@H]1c1ccc(OCC)c(OC)c1. The van der Waals surface area contributed by atoms with Crippen molar-refractivity contribution in [3.63, 3.8) is 0 Å². The number of benzene rings is 1. The molecule has 30 heavy (non-hydrogen) atoms. The van der Waals surface area contributed by atoms with Crippen molar-refractivity contribution in [3.8, 4) is 11.5 Å². The lowest BCUT2D eigenvalue weighted by atomic mass is 9.68. The molecule has 0 radical (unpaired) electrons. The highest BCUT2D eigenvalue weighted by Gasteiger charge is 2.43. The van der Waals surface area contributed by atoms with Gasteiger partial charge in [-0.15, -0.1) is 0 Å². The maximum atomic E-state index is 13.3. The minimum atomic E-state index is -0.506. The van der Waals surface area contributed by atoms with Crippen LogP contribution in [0.3, 0.4) is 0 Å². The van der Waals surface area contributed by atoms with Gasteiger partial charge in [-0.1, -0.05) is 19.9 Å². The predicted octanol–water partition coefficient (Wildman–Crippen LogP) is 4.26. The average Bonchev–Trinajstić information content (AvgIpc) is 2.66. The quantitative estimate of drug-likeness (QED) is 0.703. The molecule has 1 atom stereocenters. The van der Waals surface area contributed by atoms with Crippen molar-refractivity contribution in [2.45, 2.75) is 53.4 Å². The van der Waals surface area contributed by atoms with Crippen molar-refractivity contribution in [2.75, 3.05) is 20.3 Å². The van der Waals surface area contributed by atoms with E-state index in [-0.39, 0.29) is 17.8 Å². The van der Waals surface area contributed by atoms with Crippen LogP contribution in [0, 0.1) is 5.41 Å². The van der Waals surface area contributed by atoms with E-state index in [0.717, 1.165) is 23.4 Å². The standard InChI is InChI=1S/C24H31NO5/c1-7-29-18-10-9-15(11-19(18)28-6)21-20(23(27)30-8-2)14(3)25-16-12-24(4,5)13-17(26)22(16)21/h9-11,21,25H,7-8,12-13H2,1-6H3/t21-/m0/s1. The first-order chi connectivity index (χ1) is 14.2. The average molecular weight is 414 g/mol.